The van der Waals surface area contributed by atoms with Crippen LogP contribution in [0.1, 0.15) is 22.5 Å². The second-order valence-electron chi connectivity index (χ2n) is 5.25. The number of halogens is 2. The fourth-order valence-electron chi connectivity index (χ4n) is 2.62. The number of anilines is 1. The highest BCUT2D eigenvalue weighted by atomic mass is 32.1. The first-order valence-electron chi connectivity index (χ1n) is 7.16. The van der Waals surface area contributed by atoms with Gasteiger partial charge in [-0.3, -0.25) is 9.59 Å². The molecule has 0 spiro atoms. The molecule has 7 heteroatoms. The standard InChI is InChI=1S/C16H14F2N2O2S/c17-11-6-5-10(9-12(11)18)19-15(21)13-3-1-7-20(13)16(22)14-4-2-8-23-14/h2,4-6,8-9,13H,1,3,7H2,(H,19,21)/t13-/m0/s1. The van der Waals surface area contributed by atoms with Crippen LogP contribution in [-0.4, -0.2) is 29.3 Å². The predicted molar refractivity (Wildman–Crippen MR) is 83.4 cm³/mol. The predicted octanol–water partition coefficient (Wildman–Crippen LogP) is 3.27. The van der Waals surface area contributed by atoms with Crippen LogP contribution in [0.3, 0.4) is 0 Å². The second kappa shape index (κ2) is 6.45. The summed E-state index contributed by atoms with van der Waals surface area (Å²) in [6.07, 6.45) is 1.28. The van der Waals surface area contributed by atoms with Gasteiger partial charge in [-0.05, 0) is 36.4 Å². The van der Waals surface area contributed by atoms with E-state index in [1.54, 1.807) is 17.5 Å². The van der Waals surface area contributed by atoms with E-state index in [1.165, 1.54) is 22.3 Å². The Morgan fingerprint density at radius 2 is 2.04 bits per heavy atom. The van der Waals surface area contributed by atoms with Gasteiger partial charge in [0.1, 0.15) is 6.04 Å². The minimum absolute atomic E-state index is 0.171. The Labute approximate surface area is 135 Å². The molecule has 2 amide bonds. The van der Waals surface area contributed by atoms with Crippen molar-refractivity contribution < 1.29 is 18.4 Å². The molecule has 0 aliphatic carbocycles. The maximum Gasteiger partial charge on any atom is 0.264 e. The van der Waals surface area contributed by atoms with E-state index in [4.69, 9.17) is 0 Å². The Kier molecular flexibility index (Phi) is 4.38. The summed E-state index contributed by atoms with van der Waals surface area (Å²) in [6.45, 7) is 0.507. The average molecular weight is 336 g/mol. The summed E-state index contributed by atoms with van der Waals surface area (Å²) in [4.78, 5) is 26.9. The Morgan fingerprint density at radius 1 is 1.22 bits per heavy atom. The number of nitrogens with zero attached hydrogens (tertiary/aromatic N) is 1. The third-order valence-electron chi connectivity index (χ3n) is 3.74. The van der Waals surface area contributed by atoms with Gasteiger partial charge in [-0.1, -0.05) is 6.07 Å². The molecule has 1 aliphatic heterocycles. The average Bonchev–Trinajstić information content (AvgIpc) is 3.21. The van der Waals surface area contributed by atoms with Crippen LogP contribution in [0.4, 0.5) is 14.5 Å². The number of carbonyl (C=O) groups is 2. The molecule has 0 bridgehead atoms. The Morgan fingerprint density at radius 3 is 2.74 bits per heavy atom. The van der Waals surface area contributed by atoms with Crippen LogP contribution in [0.15, 0.2) is 35.7 Å². The van der Waals surface area contributed by atoms with Gasteiger partial charge in [0.05, 0.1) is 4.88 Å². The van der Waals surface area contributed by atoms with Crippen LogP contribution in [0.25, 0.3) is 0 Å². The first kappa shape index (κ1) is 15.6. The molecule has 0 radical (unpaired) electrons. The third kappa shape index (κ3) is 3.24. The lowest BCUT2D eigenvalue weighted by atomic mass is 10.2. The Hall–Kier alpha value is -2.28. The molecule has 3 rings (SSSR count). The van der Waals surface area contributed by atoms with Crippen molar-refractivity contribution in [1.82, 2.24) is 4.90 Å². The van der Waals surface area contributed by atoms with E-state index in [1.807, 2.05) is 0 Å². The molecular weight excluding hydrogens is 322 g/mol. The lowest BCUT2D eigenvalue weighted by Gasteiger charge is -2.23. The molecule has 1 atom stereocenters. The van der Waals surface area contributed by atoms with Gasteiger partial charge in [-0.15, -0.1) is 11.3 Å². The normalized spacial score (nSPS) is 17.3. The van der Waals surface area contributed by atoms with E-state index in [0.717, 1.165) is 18.6 Å². The summed E-state index contributed by atoms with van der Waals surface area (Å²) in [5.41, 5.74) is 0.171. The number of carbonyl (C=O) groups excluding carboxylic acids is 2. The van der Waals surface area contributed by atoms with Crippen LogP contribution < -0.4 is 5.32 Å². The number of benzene rings is 1. The highest BCUT2D eigenvalue weighted by Crippen LogP contribution is 2.23. The molecule has 23 heavy (non-hydrogen) atoms. The molecule has 1 aromatic heterocycles. The molecule has 120 valence electrons. The molecule has 1 saturated heterocycles. The zero-order valence-electron chi connectivity index (χ0n) is 12.1. The first-order chi connectivity index (χ1) is 11.1. The maximum absolute atomic E-state index is 13.2. The molecule has 1 N–H and O–H groups in total. The van der Waals surface area contributed by atoms with Crippen LogP contribution in [-0.2, 0) is 4.79 Å². The van der Waals surface area contributed by atoms with E-state index in [-0.39, 0.29) is 11.6 Å². The van der Waals surface area contributed by atoms with E-state index < -0.39 is 23.6 Å². The van der Waals surface area contributed by atoms with Gasteiger partial charge < -0.3 is 10.2 Å². The van der Waals surface area contributed by atoms with E-state index >= 15 is 0 Å². The van der Waals surface area contributed by atoms with Gasteiger partial charge in [0, 0.05) is 18.3 Å². The van der Waals surface area contributed by atoms with Crippen molar-refractivity contribution in [1.29, 1.82) is 0 Å². The van der Waals surface area contributed by atoms with Crippen molar-refractivity contribution in [3.05, 3.63) is 52.2 Å². The second-order valence-corrected chi connectivity index (χ2v) is 6.20. The molecular formula is C16H14F2N2O2S. The monoisotopic (exact) mass is 336 g/mol. The van der Waals surface area contributed by atoms with E-state index in [0.29, 0.717) is 17.8 Å². The van der Waals surface area contributed by atoms with Crippen molar-refractivity contribution in [3.8, 4) is 0 Å². The molecule has 1 aliphatic rings. The van der Waals surface area contributed by atoms with Crippen molar-refractivity contribution in [2.75, 3.05) is 11.9 Å². The van der Waals surface area contributed by atoms with Crippen molar-refractivity contribution in [2.24, 2.45) is 0 Å². The van der Waals surface area contributed by atoms with Gasteiger partial charge >= 0.3 is 0 Å². The molecule has 2 heterocycles. The summed E-state index contributed by atoms with van der Waals surface area (Å²) < 4.78 is 26.1. The minimum atomic E-state index is -1.03. The highest BCUT2D eigenvalue weighted by Gasteiger charge is 2.34. The van der Waals surface area contributed by atoms with E-state index in [9.17, 15) is 18.4 Å². The fourth-order valence-corrected chi connectivity index (χ4v) is 3.30. The summed E-state index contributed by atoms with van der Waals surface area (Å²) in [7, 11) is 0. The van der Waals surface area contributed by atoms with Crippen LogP contribution in [0.5, 0.6) is 0 Å². The molecule has 0 unspecified atom stereocenters. The number of amides is 2. The summed E-state index contributed by atoms with van der Waals surface area (Å²) >= 11 is 1.32. The number of hydrogen-bond acceptors (Lipinski definition) is 3. The van der Waals surface area contributed by atoms with Gasteiger partial charge in [0.25, 0.3) is 5.91 Å². The van der Waals surface area contributed by atoms with Gasteiger partial charge in [0.15, 0.2) is 11.6 Å². The van der Waals surface area contributed by atoms with Crippen molar-refractivity contribution in [3.63, 3.8) is 0 Å². The van der Waals surface area contributed by atoms with Crippen LogP contribution >= 0.6 is 11.3 Å². The number of nitrogens with one attached hydrogen (secondary N) is 1. The van der Waals surface area contributed by atoms with Gasteiger partial charge in [0.2, 0.25) is 5.91 Å². The Bertz CT molecular complexity index is 734. The minimum Gasteiger partial charge on any atom is -0.326 e. The molecule has 1 fully saturated rings. The fraction of sp³-hybridized carbons (Fsp3) is 0.250. The zero-order valence-corrected chi connectivity index (χ0v) is 12.9. The van der Waals surface area contributed by atoms with E-state index in [2.05, 4.69) is 5.32 Å². The van der Waals surface area contributed by atoms with Gasteiger partial charge in [-0.2, -0.15) is 0 Å². The number of thiophene rings is 1. The summed E-state index contributed by atoms with van der Waals surface area (Å²) in [5, 5.41) is 4.35. The molecule has 1 aromatic carbocycles. The lowest BCUT2D eigenvalue weighted by molar-refractivity contribution is -0.119. The number of hydrogen-bond donors (Lipinski definition) is 1. The summed E-state index contributed by atoms with van der Waals surface area (Å²) in [5.74, 6) is -2.57. The number of likely N-dealkylation sites (tertiary alicyclic amines) is 1. The van der Waals surface area contributed by atoms with Gasteiger partial charge in [-0.25, -0.2) is 8.78 Å². The topological polar surface area (TPSA) is 49.4 Å². The van der Waals surface area contributed by atoms with Crippen LogP contribution in [0.2, 0.25) is 0 Å². The Balaban J connectivity index is 1.73. The smallest absolute Gasteiger partial charge is 0.264 e. The van der Waals surface area contributed by atoms with Crippen molar-refractivity contribution >= 4 is 28.8 Å². The molecule has 2 aromatic rings. The first-order valence-corrected chi connectivity index (χ1v) is 8.04. The quantitative estimate of drug-likeness (QED) is 0.935. The highest BCUT2D eigenvalue weighted by molar-refractivity contribution is 7.12. The number of rotatable bonds is 3. The zero-order chi connectivity index (χ0) is 16.4. The largest absolute Gasteiger partial charge is 0.326 e. The summed E-state index contributed by atoms with van der Waals surface area (Å²) in [6, 6.07) is 6.07. The van der Waals surface area contributed by atoms with Crippen LogP contribution in [0, 0.1) is 11.6 Å². The van der Waals surface area contributed by atoms with Crippen molar-refractivity contribution in [2.45, 2.75) is 18.9 Å². The molecule has 0 saturated carbocycles. The SMILES string of the molecule is O=C(Nc1ccc(F)c(F)c1)[C@@H]1CCCN1C(=O)c1cccs1. The lowest BCUT2D eigenvalue weighted by Crippen LogP contribution is -2.42. The molecule has 4 nitrogen and oxygen atoms in total. The maximum atomic E-state index is 13.2. The third-order valence-corrected chi connectivity index (χ3v) is 4.59.